The number of carboxylic acids is 1. The van der Waals surface area contributed by atoms with Crippen molar-refractivity contribution < 1.29 is 14.7 Å². The number of aliphatic carboxylic acids is 1. The Morgan fingerprint density at radius 1 is 1.27 bits per heavy atom. The largest absolute Gasteiger partial charge is 0.481 e. The average Bonchev–Trinajstić information content (AvgIpc) is 2.95. The lowest BCUT2D eigenvalue weighted by molar-refractivity contribution is -0.137. The molecule has 7 heteroatoms. The fraction of sp³-hybridized carbons (Fsp3) is 0.421. The number of benzene rings is 1. The Hall–Kier alpha value is -2.28. The first-order valence-electron chi connectivity index (χ1n) is 8.35. The SMILES string of the molecule is CSc1ccc(C(CC(=O)O)NC(=O)c2cnn(C(C)(C)C)c2C)cc1. The third-order valence-corrected chi connectivity index (χ3v) is 4.84. The molecule has 0 spiro atoms. The minimum absolute atomic E-state index is 0.184. The van der Waals surface area contributed by atoms with Crippen LogP contribution in [-0.4, -0.2) is 33.0 Å². The number of amides is 1. The van der Waals surface area contributed by atoms with Gasteiger partial charge in [-0.2, -0.15) is 5.10 Å². The number of rotatable bonds is 6. The number of nitrogens with one attached hydrogen (secondary N) is 1. The quantitative estimate of drug-likeness (QED) is 0.754. The van der Waals surface area contributed by atoms with Gasteiger partial charge in [-0.3, -0.25) is 14.3 Å². The van der Waals surface area contributed by atoms with Crippen LogP contribution in [0.2, 0.25) is 0 Å². The summed E-state index contributed by atoms with van der Waals surface area (Å²) in [4.78, 5) is 25.1. The normalized spacial score (nSPS) is 12.7. The number of hydrogen-bond acceptors (Lipinski definition) is 4. The molecule has 140 valence electrons. The summed E-state index contributed by atoms with van der Waals surface area (Å²) in [7, 11) is 0. The summed E-state index contributed by atoms with van der Waals surface area (Å²) in [6.07, 6.45) is 3.32. The van der Waals surface area contributed by atoms with E-state index in [1.165, 1.54) is 6.20 Å². The van der Waals surface area contributed by atoms with Crippen molar-refractivity contribution in [3.05, 3.63) is 47.3 Å². The highest BCUT2D eigenvalue weighted by molar-refractivity contribution is 7.98. The highest BCUT2D eigenvalue weighted by Crippen LogP contribution is 2.23. The van der Waals surface area contributed by atoms with Crippen LogP contribution in [0.15, 0.2) is 35.4 Å². The van der Waals surface area contributed by atoms with Crippen molar-refractivity contribution >= 4 is 23.6 Å². The second-order valence-electron chi connectivity index (χ2n) is 7.12. The molecule has 1 unspecified atom stereocenters. The molecular formula is C19H25N3O3S. The Balaban J connectivity index is 2.26. The molecule has 6 nitrogen and oxygen atoms in total. The lowest BCUT2D eigenvalue weighted by Crippen LogP contribution is -2.31. The van der Waals surface area contributed by atoms with Gasteiger partial charge in [0.05, 0.1) is 29.8 Å². The van der Waals surface area contributed by atoms with Gasteiger partial charge in [-0.15, -0.1) is 11.8 Å². The van der Waals surface area contributed by atoms with Crippen LogP contribution >= 0.6 is 11.8 Å². The molecule has 1 aromatic heterocycles. The molecule has 26 heavy (non-hydrogen) atoms. The Kier molecular flexibility index (Phi) is 6.13. The molecule has 1 atom stereocenters. The zero-order valence-corrected chi connectivity index (χ0v) is 16.6. The number of hydrogen-bond donors (Lipinski definition) is 2. The zero-order chi connectivity index (χ0) is 19.5. The first-order chi connectivity index (χ1) is 12.1. The summed E-state index contributed by atoms with van der Waals surface area (Å²) >= 11 is 1.61. The van der Waals surface area contributed by atoms with Crippen molar-refractivity contribution in [3.8, 4) is 0 Å². The summed E-state index contributed by atoms with van der Waals surface area (Å²) in [6, 6.07) is 6.94. The number of carbonyl (C=O) groups excluding carboxylic acids is 1. The van der Waals surface area contributed by atoms with Crippen LogP contribution in [0, 0.1) is 6.92 Å². The van der Waals surface area contributed by atoms with Crippen molar-refractivity contribution in [3.63, 3.8) is 0 Å². The maximum atomic E-state index is 12.7. The lowest BCUT2D eigenvalue weighted by atomic mass is 10.0. The topological polar surface area (TPSA) is 84.2 Å². The monoisotopic (exact) mass is 375 g/mol. The molecule has 1 amide bonds. The van der Waals surface area contributed by atoms with Crippen LogP contribution in [-0.2, 0) is 10.3 Å². The molecule has 1 aromatic carbocycles. The van der Waals surface area contributed by atoms with E-state index in [4.69, 9.17) is 0 Å². The van der Waals surface area contributed by atoms with Gasteiger partial charge in [0, 0.05) is 10.6 Å². The molecule has 0 saturated heterocycles. The lowest BCUT2D eigenvalue weighted by Gasteiger charge is -2.22. The predicted molar refractivity (Wildman–Crippen MR) is 103 cm³/mol. The van der Waals surface area contributed by atoms with Crippen molar-refractivity contribution in [1.29, 1.82) is 0 Å². The molecular weight excluding hydrogens is 350 g/mol. The van der Waals surface area contributed by atoms with Gasteiger partial charge in [0.25, 0.3) is 5.91 Å². The maximum absolute atomic E-state index is 12.7. The van der Waals surface area contributed by atoms with E-state index in [0.29, 0.717) is 5.56 Å². The Labute approximate surface area is 158 Å². The van der Waals surface area contributed by atoms with E-state index in [0.717, 1.165) is 16.2 Å². The molecule has 2 N–H and O–H groups in total. The number of nitrogens with zero attached hydrogens (tertiary/aromatic N) is 2. The van der Waals surface area contributed by atoms with Crippen molar-refractivity contribution in [2.24, 2.45) is 0 Å². The van der Waals surface area contributed by atoms with Gasteiger partial charge >= 0.3 is 5.97 Å². The van der Waals surface area contributed by atoms with Gasteiger partial charge in [-0.05, 0) is 51.6 Å². The summed E-state index contributed by atoms with van der Waals surface area (Å²) < 4.78 is 1.79. The van der Waals surface area contributed by atoms with E-state index in [2.05, 4.69) is 10.4 Å². The third kappa shape index (κ3) is 4.66. The molecule has 0 radical (unpaired) electrons. The number of carbonyl (C=O) groups is 2. The predicted octanol–water partition coefficient (Wildman–Crippen LogP) is 3.61. The Bertz CT molecular complexity index is 791. The van der Waals surface area contributed by atoms with E-state index in [-0.39, 0.29) is 17.9 Å². The zero-order valence-electron chi connectivity index (χ0n) is 15.7. The maximum Gasteiger partial charge on any atom is 0.305 e. The van der Waals surface area contributed by atoms with Gasteiger partial charge < -0.3 is 10.4 Å². The van der Waals surface area contributed by atoms with Crippen LogP contribution in [0.5, 0.6) is 0 Å². The first-order valence-corrected chi connectivity index (χ1v) is 9.57. The van der Waals surface area contributed by atoms with Gasteiger partial charge in [-0.25, -0.2) is 0 Å². The van der Waals surface area contributed by atoms with Crippen LogP contribution in [0.25, 0.3) is 0 Å². The third-order valence-electron chi connectivity index (χ3n) is 4.09. The molecule has 0 aliphatic carbocycles. The van der Waals surface area contributed by atoms with Gasteiger partial charge in [0.2, 0.25) is 0 Å². The highest BCUT2D eigenvalue weighted by Gasteiger charge is 2.24. The minimum Gasteiger partial charge on any atom is -0.481 e. The summed E-state index contributed by atoms with van der Waals surface area (Å²) in [5, 5.41) is 16.4. The number of carboxylic acid groups (broad SMARTS) is 1. The van der Waals surface area contributed by atoms with Crippen molar-refractivity contribution in [1.82, 2.24) is 15.1 Å². The Morgan fingerprint density at radius 3 is 2.35 bits per heavy atom. The second kappa shape index (κ2) is 7.95. The van der Waals surface area contributed by atoms with Crippen LogP contribution in [0.4, 0.5) is 0 Å². The molecule has 0 saturated carbocycles. The first kappa shape index (κ1) is 20.0. The van der Waals surface area contributed by atoms with Crippen LogP contribution in [0.3, 0.4) is 0 Å². The van der Waals surface area contributed by atoms with Crippen molar-refractivity contribution in [2.45, 2.75) is 50.6 Å². The molecule has 1 heterocycles. The fourth-order valence-corrected chi connectivity index (χ4v) is 3.22. The number of aromatic nitrogens is 2. The van der Waals surface area contributed by atoms with E-state index < -0.39 is 12.0 Å². The summed E-state index contributed by atoms with van der Waals surface area (Å²) in [6.45, 7) is 7.87. The van der Waals surface area contributed by atoms with E-state index in [1.54, 1.807) is 16.4 Å². The average molecular weight is 375 g/mol. The van der Waals surface area contributed by atoms with E-state index in [1.807, 2.05) is 58.2 Å². The molecule has 2 aromatic rings. The molecule has 0 aliphatic rings. The molecule has 0 aliphatic heterocycles. The molecule has 0 bridgehead atoms. The van der Waals surface area contributed by atoms with Crippen molar-refractivity contribution in [2.75, 3.05) is 6.26 Å². The van der Waals surface area contributed by atoms with Gasteiger partial charge in [0.15, 0.2) is 0 Å². The second-order valence-corrected chi connectivity index (χ2v) is 8.00. The molecule has 2 rings (SSSR count). The summed E-state index contributed by atoms with van der Waals surface area (Å²) in [5.74, 6) is -1.29. The van der Waals surface area contributed by atoms with E-state index >= 15 is 0 Å². The van der Waals surface area contributed by atoms with E-state index in [9.17, 15) is 14.7 Å². The fourth-order valence-electron chi connectivity index (χ4n) is 2.81. The smallest absolute Gasteiger partial charge is 0.305 e. The van der Waals surface area contributed by atoms with Gasteiger partial charge in [-0.1, -0.05) is 12.1 Å². The number of thioether (sulfide) groups is 1. The minimum atomic E-state index is -0.966. The van der Waals surface area contributed by atoms with Gasteiger partial charge in [0.1, 0.15) is 0 Å². The Morgan fingerprint density at radius 2 is 1.88 bits per heavy atom. The van der Waals surface area contributed by atoms with Crippen LogP contribution in [0.1, 0.15) is 54.8 Å². The standard InChI is InChI=1S/C19H25N3O3S/c1-12-15(11-20-22(12)19(2,3)4)18(25)21-16(10-17(23)24)13-6-8-14(26-5)9-7-13/h6-9,11,16H,10H2,1-5H3,(H,21,25)(H,23,24). The molecule has 0 fully saturated rings. The van der Waals surface area contributed by atoms with Crippen LogP contribution < -0.4 is 5.32 Å². The highest BCUT2D eigenvalue weighted by atomic mass is 32.2. The summed E-state index contributed by atoms with van der Waals surface area (Å²) in [5.41, 5.74) is 1.73.